The highest BCUT2D eigenvalue weighted by Crippen LogP contribution is 2.29. The first-order valence-corrected chi connectivity index (χ1v) is 9.25. The van der Waals surface area contributed by atoms with Gasteiger partial charge in [0.1, 0.15) is 0 Å². The molecular weight excluding hydrogens is 366 g/mol. The lowest BCUT2D eigenvalue weighted by Crippen LogP contribution is -2.21. The van der Waals surface area contributed by atoms with E-state index in [2.05, 4.69) is 15.8 Å². The molecule has 7 nitrogen and oxygen atoms in total. The van der Waals surface area contributed by atoms with E-state index in [4.69, 9.17) is 9.47 Å². The molecule has 0 bridgehead atoms. The van der Waals surface area contributed by atoms with Gasteiger partial charge >= 0.3 is 0 Å². The molecule has 0 aliphatic carbocycles. The van der Waals surface area contributed by atoms with Crippen molar-refractivity contribution in [1.82, 2.24) is 5.43 Å². The van der Waals surface area contributed by atoms with Crippen LogP contribution in [0.5, 0.6) is 11.5 Å². The van der Waals surface area contributed by atoms with Gasteiger partial charge in [-0.15, -0.1) is 11.8 Å². The lowest BCUT2D eigenvalue weighted by Gasteiger charge is -2.09. The maximum atomic E-state index is 11.8. The van der Waals surface area contributed by atoms with Crippen molar-refractivity contribution in [3.05, 3.63) is 54.1 Å². The molecule has 0 spiro atoms. The van der Waals surface area contributed by atoms with Crippen LogP contribution >= 0.6 is 11.8 Å². The third-order valence-electron chi connectivity index (χ3n) is 3.35. The number of carbonyl (C=O) groups is 2. The van der Waals surface area contributed by atoms with E-state index in [1.807, 2.05) is 18.2 Å². The molecule has 2 aromatic carbocycles. The normalized spacial score (nSPS) is 10.4. The molecule has 0 heterocycles. The number of para-hydroxylation sites is 2. The number of carbonyl (C=O) groups excluding carboxylic acids is 2. The van der Waals surface area contributed by atoms with Gasteiger partial charge in [0.2, 0.25) is 11.8 Å². The SMILES string of the molecule is COc1cccc(/C=N\NC(=O)CSCC(=O)Nc2ccccc2)c1OC. The number of hydrogen-bond donors (Lipinski definition) is 2. The van der Waals surface area contributed by atoms with Crippen molar-refractivity contribution in [3.8, 4) is 11.5 Å². The fraction of sp³-hybridized carbons (Fsp3) is 0.211. The van der Waals surface area contributed by atoms with Crippen LogP contribution in [-0.4, -0.2) is 43.8 Å². The minimum absolute atomic E-state index is 0.120. The lowest BCUT2D eigenvalue weighted by atomic mass is 10.2. The summed E-state index contributed by atoms with van der Waals surface area (Å²) >= 11 is 1.21. The van der Waals surface area contributed by atoms with E-state index >= 15 is 0 Å². The van der Waals surface area contributed by atoms with Crippen molar-refractivity contribution in [1.29, 1.82) is 0 Å². The molecule has 8 heteroatoms. The van der Waals surface area contributed by atoms with Crippen molar-refractivity contribution >= 4 is 35.5 Å². The van der Waals surface area contributed by atoms with Crippen LogP contribution in [0.3, 0.4) is 0 Å². The van der Waals surface area contributed by atoms with Crippen molar-refractivity contribution in [2.75, 3.05) is 31.0 Å². The molecule has 0 fully saturated rings. The van der Waals surface area contributed by atoms with E-state index in [0.29, 0.717) is 17.1 Å². The predicted molar refractivity (Wildman–Crippen MR) is 108 cm³/mol. The summed E-state index contributed by atoms with van der Waals surface area (Å²) in [6.07, 6.45) is 1.48. The first-order valence-electron chi connectivity index (χ1n) is 8.09. The van der Waals surface area contributed by atoms with E-state index < -0.39 is 0 Å². The topological polar surface area (TPSA) is 89.0 Å². The second-order valence-electron chi connectivity index (χ2n) is 5.28. The molecule has 142 valence electrons. The Morgan fingerprint density at radius 3 is 2.44 bits per heavy atom. The van der Waals surface area contributed by atoms with Crippen LogP contribution in [0.15, 0.2) is 53.6 Å². The minimum Gasteiger partial charge on any atom is -0.493 e. The first-order chi connectivity index (χ1) is 13.1. The number of amides is 2. The third kappa shape index (κ3) is 6.67. The first kappa shape index (κ1) is 20.3. The van der Waals surface area contributed by atoms with E-state index in [9.17, 15) is 9.59 Å². The van der Waals surface area contributed by atoms with Crippen LogP contribution in [0.25, 0.3) is 0 Å². The van der Waals surface area contributed by atoms with E-state index in [1.165, 1.54) is 25.1 Å². The molecule has 0 saturated carbocycles. The number of thioether (sulfide) groups is 1. The van der Waals surface area contributed by atoms with Gasteiger partial charge in [0.15, 0.2) is 11.5 Å². The second-order valence-corrected chi connectivity index (χ2v) is 6.27. The molecule has 0 aromatic heterocycles. The van der Waals surface area contributed by atoms with Crippen LogP contribution in [0.2, 0.25) is 0 Å². The van der Waals surface area contributed by atoms with Crippen molar-refractivity contribution in [2.24, 2.45) is 5.10 Å². The second kappa shape index (κ2) is 10.9. The summed E-state index contributed by atoms with van der Waals surface area (Å²) in [6.45, 7) is 0. The molecule has 0 unspecified atom stereocenters. The lowest BCUT2D eigenvalue weighted by molar-refractivity contribution is -0.118. The minimum atomic E-state index is -0.300. The zero-order valence-corrected chi connectivity index (χ0v) is 15.9. The summed E-state index contributed by atoms with van der Waals surface area (Å²) in [4.78, 5) is 23.6. The largest absolute Gasteiger partial charge is 0.493 e. The highest BCUT2D eigenvalue weighted by molar-refractivity contribution is 8.00. The summed E-state index contributed by atoms with van der Waals surface area (Å²) in [7, 11) is 3.08. The molecule has 0 aliphatic heterocycles. The summed E-state index contributed by atoms with van der Waals surface area (Å²) < 4.78 is 10.5. The number of benzene rings is 2. The third-order valence-corrected chi connectivity index (χ3v) is 4.28. The monoisotopic (exact) mass is 387 g/mol. The average molecular weight is 387 g/mol. The average Bonchev–Trinajstić information content (AvgIpc) is 2.68. The molecular formula is C19H21N3O4S. The molecule has 0 radical (unpaired) electrons. The Balaban J connectivity index is 1.75. The number of hydrogen-bond acceptors (Lipinski definition) is 6. The number of ether oxygens (including phenoxy) is 2. The number of anilines is 1. The van der Waals surface area contributed by atoms with Gasteiger partial charge in [-0.1, -0.05) is 24.3 Å². The number of nitrogens with one attached hydrogen (secondary N) is 2. The maximum Gasteiger partial charge on any atom is 0.250 e. The van der Waals surface area contributed by atoms with Crippen LogP contribution in [-0.2, 0) is 9.59 Å². The molecule has 2 aromatic rings. The Kier molecular flexibility index (Phi) is 8.18. The number of methoxy groups -OCH3 is 2. The number of hydrazone groups is 1. The van der Waals surface area contributed by atoms with Gasteiger partial charge in [0.25, 0.3) is 0 Å². The summed E-state index contributed by atoms with van der Waals surface area (Å²) in [6, 6.07) is 14.5. The Bertz CT molecular complexity index is 797. The van der Waals surface area contributed by atoms with Crippen molar-refractivity contribution in [3.63, 3.8) is 0 Å². The molecule has 2 rings (SSSR count). The fourth-order valence-electron chi connectivity index (χ4n) is 2.17. The zero-order valence-electron chi connectivity index (χ0n) is 15.1. The van der Waals surface area contributed by atoms with Gasteiger partial charge in [-0.3, -0.25) is 9.59 Å². The molecule has 0 saturated heterocycles. The van der Waals surface area contributed by atoms with Gasteiger partial charge < -0.3 is 14.8 Å². The fourth-order valence-corrected chi connectivity index (χ4v) is 2.78. The van der Waals surface area contributed by atoms with Crippen LogP contribution in [0.4, 0.5) is 5.69 Å². The summed E-state index contributed by atoms with van der Waals surface area (Å²) in [5.74, 6) is 0.941. The van der Waals surface area contributed by atoms with E-state index in [-0.39, 0.29) is 23.3 Å². The molecule has 2 N–H and O–H groups in total. The van der Waals surface area contributed by atoms with E-state index in [0.717, 1.165) is 5.69 Å². The molecule has 0 atom stereocenters. The molecule has 2 amide bonds. The standard InChI is InChI=1S/C19H21N3O4S/c1-25-16-10-6-7-14(19(16)26-2)11-20-22-18(24)13-27-12-17(23)21-15-8-4-3-5-9-15/h3-11H,12-13H2,1-2H3,(H,21,23)(H,22,24)/b20-11-. The van der Waals surface area contributed by atoms with Crippen molar-refractivity contribution < 1.29 is 19.1 Å². The summed E-state index contributed by atoms with van der Waals surface area (Å²) in [5.41, 5.74) is 3.82. The predicted octanol–water partition coefficient (Wildman–Crippen LogP) is 2.53. The van der Waals surface area contributed by atoms with Gasteiger partial charge in [-0.25, -0.2) is 5.43 Å². The molecule has 27 heavy (non-hydrogen) atoms. The highest BCUT2D eigenvalue weighted by Gasteiger charge is 2.08. The van der Waals surface area contributed by atoms with Gasteiger partial charge in [0, 0.05) is 11.3 Å². The Hall–Kier alpha value is -3.00. The van der Waals surface area contributed by atoms with Gasteiger partial charge in [-0.05, 0) is 24.3 Å². The van der Waals surface area contributed by atoms with Gasteiger partial charge in [-0.2, -0.15) is 5.10 Å². The van der Waals surface area contributed by atoms with E-state index in [1.54, 1.807) is 37.4 Å². The Labute approximate surface area is 162 Å². The van der Waals surface area contributed by atoms with Crippen LogP contribution < -0.4 is 20.2 Å². The quantitative estimate of drug-likeness (QED) is 0.510. The van der Waals surface area contributed by atoms with Gasteiger partial charge in [0.05, 0.1) is 31.9 Å². The van der Waals surface area contributed by atoms with Crippen LogP contribution in [0, 0.1) is 0 Å². The smallest absolute Gasteiger partial charge is 0.250 e. The highest BCUT2D eigenvalue weighted by atomic mass is 32.2. The Morgan fingerprint density at radius 1 is 1.00 bits per heavy atom. The molecule has 0 aliphatic rings. The van der Waals surface area contributed by atoms with Crippen LogP contribution in [0.1, 0.15) is 5.56 Å². The number of rotatable bonds is 9. The zero-order chi connectivity index (χ0) is 19.5. The maximum absolute atomic E-state index is 11.8. The summed E-state index contributed by atoms with van der Waals surface area (Å²) in [5, 5.41) is 6.67. The Morgan fingerprint density at radius 2 is 1.74 bits per heavy atom. The van der Waals surface area contributed by atoms with Crippen molar-refractivity contribution in [2.45, 2.75) is 0 Å². The number of nitrogens with zero attached hydrogens (tertiary/aromatic N) is 1.